The van der Waals surface area contributed by atoms with Crippen LogP contribution in [0.3, 0.4) is 0 Å². The number of hydrogen-bond acceptors (Lipinski definition) is 3. The van der Waals surface area contributed by atoms with Gasteiger partial charge in [-0.2, -0.15) is 0 Å². The quantitative estimate of drug-likeness (QED) is 0.445. The van der Waals surface area contributed by atoms with E-state index >= 15 is 0 Å². The molecule has 170 valence electrons. The Morgan fingerprint density at radius 1 is 1.06 bits per heavy atom. The van der Waals surface area contributed by atoms with Crippen molar-refractivity contribution in [3.8, 4) is 11.1 Å². The summed E-state index contributed by atoms with van der Waals surface area (Å²) in [6, 6.07) is 18.0. The Kier molecular flexibility index (Phi) is 6.65. The summed E-state index contributed by atoms with van der Waals surface area (Å²) in [6.45, 7) is 2.01. The largest absolute Gasteiger partial charge is 0.479 e. The third kappa shape index (κ3) is 4.57. The summed E-state index contributed by atoms with van der Waals surface area (Å²) in [4.78, 5) is 26.3. The lowest BCUT2D eigenvalue weighted by molar-refractivity contribution is -0.143. The minimum Gasteiger partial charge on any atom is -0.479 e. The zero-order valence-electron chi connectivity index (χ0n) is 18.0. The molecule has 0 saturated carbocycles. The predicted molar refractivity (Wildman–Crippen MR) is 124 cm³/mol. The van der Waals surface area contributed by atoms with Gasteiger partial charge in [0.2, 0.25) is 0 Å². The topological polar surface area (TPSA) is 66.8 Å². The number of carboxylic acid groups (broad SMARTS) is 1. The van der Waals surface area contributed by atoms with E-state index < -0.39 is 23.9 Å². The molecule has 0 radical (unpaired) electrons. The van der Waals surface area contributed by atoms with E-state index in [1.165, 1.54) is 6.07 Å². The molecular formula is C26H23ClFNO4. The van der Waals surface area contributed by atoms with Crippen LogP contribution in [0.15, 0.2) is 66.7 Å². The number of fused-ring (bicyclic) bond motifs is 3. The minimum atomic E-state index is -1.42. The molecule has 5 nitrogen and oxygen atoms in total. The first kappa shape index (κ1) is 22.8. The lowest BCUT2D eigenvalue weighted by atomic mass is 9.98. The molecule has 0 aliphatic heterocycles. The summed E-state index contributed by atoms with van der Waals surface area (Å²) in [6.07, 6.45) is -0.275. The van der Waals surface area contributed by atoms with Gasteiger partial charge in [0.05, 0.1) is 0 Å². The first-order valence-electron chi connectivity index (χ1n) is 10.7. The van der Waals surface area contributed by atoms with Crippen LogP contribution in [-0.2, 0) is 9.53 Å². The maximum Gasteiger partial charge on any atom is 0.410 e. The summed E-state index contributed by atoms with van der Waals surface area (Å²) < 4.78 is 19.6. The SMILES string of the molecule is CCCN(C(=O)OCC1c2ccccc2-c2ccccc21)C(C(=O)O)c1cc(F)cc(Cl)c1. The average molecular weight is 468 g/mol. The lowest BCUT2D eigenvalue weighted by Crippen LogP contribution is -2.40. The van der Waals surface area contributed by atoms with Gasteiger partial charge in [0, 0.05) is 17.5 Å². The first-order chi connectivity index (χ1) is 15.9. The van der Waals surface area contributed by atoms with Gasteiger partial charge in [-0.25, -0.2) is 14.0 Å². The maximum absolute atomic E-state index is 13.9. The van der Waals surface area contributed by atoms with Crippen LogP contribution in [0.2, 0.25) is 5.02 Å². The normalized spacial score (nSPS) is 13.2. The van der Waals surface area contributed by atoms with Gasteiger partial charge in [-0.15, -0.1) is 0 Å². The van der Waals surface area contributed by atoms with Crippen molar-refractivity contribution in [1.29, 1.82) is 0 Å². The second kappa shape index (κ2) is 9.63. The highest BCUT2D eigenvalue weighted by Gasteiger charge is 2.34. The van der Waals surface area contributed by atoms with Crippen LogP contribution < -0.4 is 0 Å². The average Bonchev–Trinajstić information content (AvgIpc) is 3.10. The van der Waals surface area contributed by atoms with Crippen LogP contribution >= 0.6 is 11.6 Å². The first-order valence-corrected chi connectivity index (χ1v) is 11.1. The molecule has 1 unspecified atom stereocenters. The van der Waals surface area contributed by atoms with Crippen LogP contribution in [0.25, 0.3) is 11.1 Å². The Morgan fingerprint density at radius 3 is 2.21 bits per heavy atom. The molecule has 1 atom stereocenters. The highest BCUT2D eigenvalue weighted by Crippen LogP contribution is 2.44. The Morgan fingerprint density at radius 2 is 1.67 bits per heavy atom. The Hall–Kier alpha value is -3.38. The molecule has 1 aliphatic carbocycles. The molecule has 3 aromatic rings. The number of ether oxygens (including phenoxy) is 1. The van der Waals surface area contributed by atoms with Crippen molar-refractivity contribution in [2.45, 2.75) is 25.3 Å². The molecule has 1 amide bonds. The zero-order chi connectivity index (χ0) is 23.5. The smallest absolute Gasteiger partial charge is 0.410 e. The van der Waals surface area contributed by atoms with E-state index in [0.717, 1.165) is 39.3 Å². The van der Waals surface area contributed by atoms with Gasteiger partial charge in [0.15, 0.2) is 6.04 Å². The highest BCUT2D eigenvalue weighted by atomic mass is 35.5. The summed E-state index contributed by atoms with van der Waals surface area (Å²) in [5, 5.41) is 9.94. The number of rotatable bonds is 7. The van der Waals surface area contributed by atoms with E-state index in [2.05, 4.69) is 0 Å². The predicted octanol–water partition coefficient (Wildman–Crippen LogP) is 6.27. The van der Waals surface area contributed by atoms with Gasteiger partial charge < -0.3 is 9.84 Å². The van der Waals surface area contributed by atoms with Crippen molar-refractivity contribution in [2.75, 3.05) is 13.2 Å². The van der Waals surface area contributed by atoms with Gasteiger partial charge in [-0.05, 0) is 52.4 Å². The number of carbonyl (C=O) groups is 2. The van der Waals surface area contributed by atoms with Gasteiger partial charge >= 0.3 is 12.1 Å². The van der Waals surface area contributed by atoms with E-state index in [1.54, 1.807) is 0 Å². The molecule has 1 N–H and O–H groups in total. The van der Waals surface area contributed by atoms with Crippen molar-refractivity contribution in [3.63, 3.8) is 0 Å². The third-order valence-corrected chi connectivity index (χ3v) is 6.00. The monoisotopic (exact) mass is 467 g/mol. The van der Waals surface area contributed by atoms with Crippen LogP contribution in [0, 0.1) is 5.82 Å². The molecule has 1 aliphatic rings. The van der Waals surface area contributed by atoms with Crippen molar-refractivity contribution in [1.82, 2.24) is 4.90 Å². The van der Waals surface area contributed by atoms with Crippen molar-refractivity contribution >= 4 is 23.7 Å². The van der Waals surface area contributed by atoms with Gasteiger partial charge in [-0.1, -0.05) is 67.1 Å². The van der Waals surface area contributed by atoms with E-state index in [0.29, 0.717) is 6.42 Å². The van der Waals surface area contributed by atoms with Gasteiger partial charge in [0.1, 0.15) is 12.4 Å². The maximum atomic E-state index is 13.9. The molecule has 0 saturated heterocycles. The van der Waals surface area contributed by atoms with Crippen molar-refractivity contribution < 1.29 is 23.8 Å². The van der Waals surface area contributed by atoms with E-state index in [1.807, 2.05) is 55.5 Å². The van der Waals surface area contributed by atoms with Crippen LogP contribution in [0.4, 0.5) is 9.18 Å². The number of halogens is 2. The fraction of sp³-hybridized carbons (Fsp3) is 0.231. The molecule has 3 aromatic carbocycles. The standard InChI is InChI=1S/C26H23ClFNO4/c1-2-11-29(24(25(30)31)16-12-17(27)14-18(28)13-16)26(32)33-15-23-21-9-5-3-7-19(21)20-8-4-6-10-22(20)23/h3-10,12-14,23-24H,2,11,15H2,1H3,(H,30,31). The van der Waals surface area contributed by atoms with E-state index in [9.17, 15) is 19.1 Å². The summed E-state index contributed by atoms with van der Waals surface area (Å²) in [5.41, 5.74) is 4.38. The minimum absolute atomic E-state index is 0.0558. The molecular weight excluding hydrogens is 445 g/mol. The molecule has 7 heteroatoms. The number of benzene rings is 3. The molecule has 0 fully saturated rings. The van der Waals surface area contributed by atoms with Crippen LogP contribution in [-0.4, -0.2) is 35.2 Å². The number of carbonyl (C=O) groups excluding carboxylic acids is 1. The van der Waals surface area contributed by atoms with Gasteiger partial charge in [0.25, 0.3) is 0 Å². The summed E-state index contributed by atoms with van der Waals surface area (Å²) in [5.74, 6) is -2.12. The Bertz CT molecular complexity index is 1130. The second-order valence-electron chi connectivity index (χ2n) is 7.94. The fourth-order valence-corrected chi connectivity index (χ4v) is 4.66. The van der Waals surface area contributed by atoms with Crippen molar-refractivity contribution in [2.24, 2.45) is 0 Å². The Labute approximate surface area is 196 Å². The second-order valence-corrected chi connectivity index (χ2v) is 8.38. The van der Waals surface area contributed by atoms with Crippen molar-refractivity contribution in [3.05, 3.63) is 94.3 Å². The number of carboxylic acids is 1. The number of amides is 1. The van der Waals surface area contributed by atoms with Crippen LogP contribution in [0.5, 0.6) is 0 Å². The highest BCUT2D eigenvalue weighted by molar-refractivity contribution is 6.30. The Balaban J connectivity index is 1.60. The molecule has 0 spiro atoms. The third-order valence-electron chi connectivity index (χ3n) is 5.78. The summed E-state index contributed by atoms with van der Waals surface area (Å²) in [7, 11) is 0. The molecule has 0 heterocycles. The van der Waals surface area contributed by atoms with Crippen LogP contribution in [0.1, 0.15) is 42.0 Å². The summed E-state index contributed by atoms with van der Waals surface area (Å²) >= 11 is 5.94. The fourth-order valence-electron chi connectivity index (χ4n) is 4.43. The van der Waals surface area contributed by atoms with Gasteiger partial charge in [-0.3, -0.25) is 4.90 Å². The molecule has 33 heavy (non-hydrogen) atoms. The molecule has 0 aromatic heterocycles. The zero-order valence-corrected chi connectivity index (χ0v) is 18.8. The number of aliphatic carboxylic acids is 1. The molecule has 4 rings (SSSR count). The number of hydrogen-bond donors (Lipinski definition) is 1. The van der Waals surface area contributed by atoms with E-state index in [4.69, 9.17) is 16.3 Å². The lowest BCUT2D eigenvalue weighted by Gasteiger charge is -2.29. The van der Waals surface area contributed by atoms with E-state index in [-0.39, 0.29) is 29.7 Å². The molecule has 0 bridgehead atoms. The number of nitrogens with zero attached hydrogens (tertiary/aromatic N) is 1.